The number of nitrogens with zero attached hydrogens (tertiary/aromatic N) is 2. The topological polar surface area (TPSA) is 146 Å². The summed E-state index contributed by atoms with van der Waals surface area (Å²) >= 11 is 0. The van der Waals surface area contributed by atoms with Crippen LogP contribution in [-0.4, -0.2) is 46.6 Å². The molecule has 2 amide bonds. The Labute approximate surface area is 179 Å². The summed E-state index contributed by atoms with van der Waals surface area (Å²) in [6.07, 6.45) is -0.278. The molecule has 0 aliphatic rings. The number of ether oxygens (including phenoxy) is 1. The van der Waals surface area contributed by atoms with Gasteiger partial charge in [0.05, 0.1) is 6.10 Å². The van der Waals surface area contributed by atoms with Gasteiger partial charge in [-0.2, -0.15) is 5.10 Å². The van der Waals surface area contributed by atoms with Gasteiger partial charge in [0, 0.05) is 17.7 Å². The van der Waals surface area contributed by atoms with E-state index in [0.717, 1.165) is 0 Å². The Bertz CT molecular complexity index is 933. The molecule has 164 valence electrons. The number of hydrogen-bond donors (Lipinski definition) is 4. The molecule has 0 aromatic heterocycles. The van der Waals surface area contributed by atoms with Gasteiger partial charge in [0.25, 0.3) is 5.91 Å². The second-order valence-corrected chi connectivity index (χ2v) is 6.79. The van der Waals surface area contributed by atoms with Crippen molar-refractivity contribution in [2.75, 3.05) is 5.32 Å². The molecule has 1 unspecified atom stereocenters. The summed E-state index contributed by atoms with van der Waals surface area (Å²) in [5.41, 5.74) is 3.76. The second kappa shape index (κ2) is 11.2. The lowest BCUT2D eigenvalue weighted by Gasteiger charge is -2.29. The van der Waals surface area contributed by atoms with E-state index in [4.69, 9.17) is 10.6 Å². The van der Waals surface area contributed by atoms with Crippen LogP contribution in [-0.2, 0) is 16.0 Å². The van der Waals surface area contributed by atoms with Gasteiger partial charge in [0.1, 0.15) is 6.34 Å². The molecule has 0 heterocycles. The van der Waals surface area contributed by atoms with Crippen molar-refractivity contribution in [2.24, 2.45) is 10.9 Å². The number of rotatable bonds is 8. The molecule has 1 atom stereocenters. The highest BCUT2D eigenvalue weighted by Gasteiger charge is 2.33. The third-order valence-corrected chi connectivity index (χ3v) is 4.05. The number of benzene rings is 2. The number of hydrazone groups is 1. The number of carboxylic acids is 1. The number of aliphatic carboxylic acids is 1. The van der Waals surface area contributed by atoms with E-state index in [1.807, 2.05) is 0 Å². The van der Waals surface area contributed by atoms with E-state index in [0.29, 0.717) is 16.3 Å². The first kappa shape index (κ1) is 23.2. The van der Waals surface area contributed by atoms with Crippen molar-refractivity contribution < 1.29 is 24.2 Å². The number of carbonyl (C=O) groups is 3. The maximum absolute atomic E-state index is 12.8. The van der Waals surface area contributed by atoms with Gasteiger partial charge in [-0.15, -0.1) is 0 Å². The second-order valence-electron chi connectivity index (χ2n) is 6.79. The minimum Gasteiger partial charge on any atom is -0.480 e. The van der Waals surface area contributed by atoms with E-state index in [1.165, 1.54) is 18.5 Å². The van der Waals surface area contributed by atoms with Gasteiger partial charge in [0.15, 0.2) is 6.04 Å². The zero-order valence-corrected chi connectivity index (χ0v) is 17.2. The van der Waals surface area contributed by atoms with E-state index in [2.05, 4.69) is 15.8 Å². The lowest BCUT2D eigenvalue weighted by atomic mass is 10.1. The number of amides is 2. The van der Waals surface area contributed by atoms with E-state index < -0.39 is 30.1 Å². The molecule has 10 nitrogen and oxygen atoms in total. The van der Waals surface area contributed by atoms with Crippen LogP contribution in [0.25, 0.3) is 0 Å². The zero-order valence-electron chi connectivity index (χ0n) is 17.2. The Kier molecular flexibility index (Phi) is 8.38. The molecule has 0 saturated carbocycles. The van der Waals surface area contributed by atoms with Crippen molar-refractivity contribution in [1.29, 1.82) is 0 Å². The first-order valence-electron chi connectivity index (χ1n) is 9.47. The van der Waals surface area contributed by atoms with Crippen LogP contribution in [0.4, 0.5) is 10.5 Å². The summed E-state index contributed by atoms with van der Waals surface area (Å²) in [6, 6.07) is 13.7. The highest BCUT2D eigenvalue weighted by atomic mass is 16.6. The minimum atomic E-state index is -1.39. The molecular weight excluding hydrogens is 402 g/mol. The van der Waals surface area contributed by atoms with Crippen LogP contribution in [0.5, 0.6) is 0 Å². The van der Waals surface area contributed by atoms with Crippen LogP contribution in [0.3, 0.4) is 0 Å². The predicted molar refractivity (Wildman–Crippen MR) is 115 cm³/mol. The molecule has 0 spiro atoms. The van der Waals surface area contributed by atoms with Gasteiger partial charge < -0.3 is 21.0 Å². The smallest absolute Gasteiger partial charge is 0.429 e. The molecule has 0 aliphatic carbocycles. The molecule has 2 rings (SSSR count). The maximum atomic E-state index is 12.8. The quantitative estimate of drug-likeness (QED) is 0.218. The Morgan fingerprint density at radius 2 is 1.87 bits per heavy atom. The number of carboxylic acid groups (broad SMARTS) is 1. The van der Waals surface area contributed by atoms with Gasteiger partial charge in [-0.3, -0.25) is 10.2 Å². The molecule has 31 heavy (non-hydrogen) atoms. The van der Waals surface area contributed by atoms with E-state index in [1.54, 1.807) is 56.3 Å². The van der Waals surface area contributed by atoms with Crippen LogP contribution >= 0.6 is 0 Å². The van der Waals surface area contributed by atoms with Crippen LogP contribution in [0, 0.1) is 0 Å². The molecular formula is C21H25N5O5. The summed E-state index contributed by atoms with van der Waals surface area (Å²) in [5.74, 6) is 3.07. The number of hydrogen-bond acceptors (Lipinski definition) is 6. The lowest BCUT2D eigenvalue weighted by Crippen LogP contribution is -2.56. The van der Waals surface area contributed by atoms with Crippen LogP contribution < -0.4 is 16.6 Å². The first-order valence-corrected chi connectivity index (χ1v) is 9.47. The number of nitrogens with two attached hydrogens (primary N) is 1. The average molecular weight is 427 g/mol. The van der Waals surface area contributed by atoms with Gasteiger partial charge >= 0.3 is 12.1 Å². The Hall–Kier alpha value is -4.08. The SMILES string of the molecule is CC(C)OC(=O)N(NC(=O)c1cccc(NC=NN)c1)C(Cc1ccccc1)C(=O)O. The molecule has 2 aromatic carbocycles. The molecule has 0 bridgehead atoms. The number of carbonyl (C=O) groups excluding carboxylic acids is 2. The molecule has 0 radical (unpaired) electrons. The zero-order chi connectivity index (χ0) is 22.8. The van der Waals surface area contributed by atoms with Crippen LogP contribution in [0.2, 0.25) is 0 Å². The largest absolute Gasteiger partial charge is 0.480 e. The third-order valence-electron chi connectivity index (χ3n) is 4.05. The molecule has 10 heteroatoms. The Morgan fingerprint density at radius 3 is 2.48 bits per heavy atom. The maximum Gasteiger partial charge on any atom is 0.429 e. The van der Waals surface area contributed by atoms with Gasteiger partial charge in [-0.25, -0.2) is 14.6 Å². The summed E-state index contributed by atoms with van der Waals surface area (Å²) in [6.45, 7) is 3.25. The normalized spacial score (nSPS) is 11.7. The fraction of sp³-hybridized carbons (Fsp3) is 0.238. The number of hydrazine groups is 1. The van der Waals surface area contributed by atoms with Crippen LogP contribution in [0.1, 0.15) is 29.8 Å². The lowest BCUT2D eigenvalue weighted by molar-refractivity contribution is -0.143. The molecule has 2 aromatic rings. The van der Waals surface area contributed by atoms with E-state index in [-0.39, 0.29) is 12.0 Å². The van der Waals surface area contributed by atoms with Gasteiger partial charge in [-0.05, 0) is 37.6 Å². The highest BCUT2D eigenvalue weighted by Crippen LogP contribution is 2.13. The van der Waals surface area contributed by atoms with E-state index in [9.17, 15) is 19.5 Å². The molecule has 5 N–H and O–H groups in total. The van der Waals surface area contributed by atoms with Crippen molar-refractivity contribution in [3.63, 3.8) is 0 Å². The van der Waals surface area contributed by atoms with Gasteiger partial charge in [-0.1, -0.05) is 36.4 Å². The predicted octanol–water partition coefficient (Wildman–Crippen LogP) is 2.19. The summed E-state index contributed by atoms with van der Waals surface area (Å²) < 4.78 is 5.16. The standard InChI is InChI=1S/C21H25N5O5/c1-14(2)31-21(30)26(18(20(28)29)11-15-7-4-3-5-8-15)25-19(27)16-9-6-10-17(12-16)23-13-24-22/h3-10,12-14,18H,11,22H2,1-2H3,(H,23,24)(H,25,27)(H,28,29). The van der Waals surface area contributed by atoms with E-state index >= 15 is 0 Å². The van der Waals surface area contributed by atoms with Gasteiger partial charge in [0.2, 0.25) is 0 Å². The van der Waals surface area contributed by atoms with Crippen molar-refractivity contribution in [3.05, 3.63) is 65.7 Å². The molecule has 0 aliphatic heterocycles. The summed E-state index contributed by atoms with van der Waals surface area (Å²) in [5, 5.41) is 16.6. The molecule has 0 fully saturated rings. The van der Waals surface area contributed by atoms with Crippen molar-refractivity contribution in [2.45, 2.75) is 32.4 Å². The molecule has 0 saturated heterocycles. The number of nitrogens with one attached hydrogen (secondary N) is 2. The van der Waals surface area contributed by atoms with Crippen LogP contribution in [0.15, 0.2) is 59.7 Å². The Balaban J connectivity index is 2.30. The van der Waals surface area contributed by atoms with Crippen molar-refractivity contribution in [1.82, 2.24) is 10.4 Å². The third kappa shape index (κ3) is 7.03. The highest BCUT2D eigenvalue weighted by molar-refractivity contribution is 5.97. The minimum absolute atomic E-state index is 0.0296. The number of anilines is 1. The fourth-order valence-corrected chi connectivity index (χ4v) is 2.67. The Morgan fingerprint density at radius 1 is 1.16 bits per heavy atom. The fourth-order valence-electron chi connectivity index (χ4n) is 2.67. The first-order chi connectivity index (χ1) is 14.8. The summed E-state index contributed by atoms with van der Waals surface area (Å²) in [4.78, 5) is 37.4. The van der Waals surface area contributed by atoms with Crippen molar-refractivity contribution >= 4 is 30.0 Å². The van der Waals surface area contributed by atoms with Crippen molar-refractivity contribution in [3.8, 4) is 0 Å². The average Bonchev–Trinajstić information content (AvgIpc) is 2.74. The summed E-state index contributed by atoms with van der Waals surface area (Å²) in [7, 11) is 0. The monoisotopic (exact) mass is 427 g/mol.